The largest absolute Gasteiger partial charge is 0.456 e. The summed E-state index contributed by atoms with van der Waals surface area (Å²) in [6.07, 6.45) is 2.08. The highest BCUT2D eigenvalue weighted by Crippen LogP contribution is 2.29. The van der Waals surface area contributed by atoms with Crippen molar-refractivity contribution in [2.45, 2.75) is 33.9 Å². The van der Waals surface area contributed by atoms with E-state index in [1.807, 2.05) is 142 Å². The van der Waals surface area contributed by atoms with Crippen molar-refractivity contribution in [2.24, 2.45) is 0 Å². The fourth-order valence-corrected chi connectivity index (χ4v) is 5.94. The number of hydrogen-bond acceptors (Lipinski definition) is 4. The molecule has 0 saturated heterocycles. The normalized spacial score (nSPS) is 10.5. The van der Waals surface area contributed by atoms with Crippen molar-refractivity contribution in [3.8, 4) is 22.6 Å². The molecule has 0 aliphatic carbocycles. The smallest absolute Gasteiger partial charge is 0.193 e. The zero-order valence-corrected chi connectivity index (χ0v) is 31.2. The van der Waals surface area contributed by atoms with E-state index >= 15 is 0 Å². The Labute approximate surface area is 297 Å². The molecule has 252 valence electrons. The van der Waals surface area contributed by atoms with Crippen molar-refractivity contribution in [3.05, 3.63) is 165 Å². The zero-order chi connectivity index (χ0) is 35.6. The van der Waals surface area contributed by atoms with Crippen molar-refractivity contribution in [3.63, 3.8) is 0 Å². The van der Waals surface area contributed by atoms with E-state index < -0.39 is 0 Å². The van der Waals surface area contributed by atoms with E-state index in [-0.39, 0.29) is 10.9 Å². The quantitative estimate of drug-likeness (QED) is 0.136. The lowest BCUT2D eigenvalue weighted by molar-refractivity contribution is 0.619. The number of benzene rings is 6. The lowest BCUT2D eigenvalue weighted by atomic mass is 10.0. The molecule has 6 aromatic carbocycles. The molecule has 2 aromatic heterocycles. The molecule has 8 aromatic rings. The Morgan fingerprint density at radius 1 is 0.540 bits per heavy atom. The van der Waals surface area contributed by atoms with Crippen LogP contribution >= 0.6 is 18.5 Å². The minimum absolute atomic E-state index is 0.00590. The minimum Gasteiger partial charge on any atom is -0.456 e. The summed E-state index contributed by atoms with van der Waals surface area (Å²) in [4.78, 5) is 25.2. The van der Waals surface area contributed by atoms with E-state index in [4.69, 9.17) is 8.83 Å². The highest BCUT2D eigenvalue weighted by Gasteiger charge is 2.11. The van der Waals surface area contributed by atoms with E-state index in [1.165, 1.54) is 17.3 Å². The average molecular weight is 697 g/mol. The van der Waals surface area contributed by atoms with Gasteiger partial charge in [0, 0.05) is 23.3 Å². The van der Waals surface area contributed by atoms with Crippen molar-refractivity contribution in [1.82, 2.24) is 0 Å². The molecule has 6 heteroatoms. The fourth-order valence-electron chi connectivity index (χ4n) is 5.67. The van der Waals surface area contributed by atoms with Crippen LogP contribution in [0.25, 0.3) is 66.1 Å². The Morgan fingerprint density at radius 2 is 0.940 bits per heavy atom. The van der Waals surface area contributed by atoms with Crippen LogP contribution in [0.4, 0.5) is 0 Å². The van der Waals surface area contributed by atoms with Crippen LogP contribution in [0.1, 0.15) is 31.9 Å². The summed E-state index contributed by atoms with van der Waals surface area (Å²) in [6, 6.07) is 42.7. The van der Waals surface area contributed by atoms with E-state index in [1.54, 1.807) is 12.1 Å². The monoisotopic (exact) mass is 696 g/mol. The fraction of sp³-hybridized carbons (Fsp3) is 0.136. The molecule has 2 heterocycles. The van der Waals surface area contributed by atoms with Crippen LogP contribution in [0.5, 0.6) is 0 Å². The number of hydrogen-bond donors (Lipinski definition) is 0. The molecule has 0 fully saturated rings. The molecule has 0 N–H and O–H groups in total. The molecule has 0 spiro atoms. The predicted octanol–water partition coefficient (Wildman–Crippen LogP) is 11.8. The lowest BCUT2D eigenvalue weighted by Crippen LogP contribution is -2.01. The molecule has 0 aliphatic rings. The molecule has 0 saturated carbocycles. The highest BCUT2D eigenvalue weighted by molar-refractivity contribution is 7.16. The molecule has 0 amide bonds. The van der Waals surface area contributed by atoms with Gasteiger partial charge in [0.05, 0.1) is 10.8 Å². The molecular weight excluding hydrogens is 654 g/mol. The third kappa shape index (κ3) is 8.11. The Bertz CT molecular complexity index is 2480. The average Bonchev–Trinajstić information content (AvgIpc) is 3.16. The number of fused-ring (bicyclic) bond motifs is 6. The second kappa shape index (κ2) is 17.2. The summed E-state index contributed by atoms with van der Waals surface area (Å²) in [5.41, 5.74) is 5.48. The Hall–Kier alpha value is -4.88. The second-order valence-corrected chi connectivity index (χ2v) is 12.7. The molecule has 0 radical (unpaired) electrons. The third-order valence-corrected chi connectivity index (χ3v) is 8.52. The molecule has 2 atom stereocenters. The summed E-state index contributed by atoms with van der Waals surface area (Å²) >= 11 is 0. The SMILES string of the molecule is CC.CCP.Cc1ccc(-c2cc(=O)c3c(ccc4ccccc43)o2)cc1.O=c1cc(-c2ccc(CP)cc2)oc2ccc3ccccc3c12. The van der Waals surface area contributed by atoms with E-state index in [0.29, 0.717) is 33.5 Å². The topological polar surface area (TPSA) is 60.4 Å². The second-order valence-electron chi connectivity index (χ2n) is 11.4. The maximum Gasteiger partial charge on any atom is 0.193 e. The van der Waals surface area contributed by atoms with Crippen LogP contribution < -0.4 is 10.9 Å². The highest BCUT2D eigenvalue weighted by atomic mass is 31.0. The first-order valence-electron chi connectivity index (χ1n) is 16.9. The van der Waals surface area contributed by atoms with Gasteiger partial charge in [-0.2, -0.15) is 0 Å². The predicted molar refractivity (Wildman–Crippen MR) is 221 cm³/mol. The van der Waals surface area contributed by atoms with Crippen LogP contribution in [-0.2, 0) is 6.16 Å². The maximum atomic E-state index is 12.6. The molecule has 0 aliphatic heterocycles. The van der Waals surface area contributed by atoms with Gasteiger partial charge in [0.2, 0.25) is 0 Å². The van der Waals surface area contributed by atoms with Crippen LogP contribution in [0.15, 0.2) is 152 Å². The van der Waals surface area contributed by atoms with E-state index in [2.05, 4.69) is 25.4 Å². The van der Waals surface area contributed by atoms with E-state index in [0.717, 1.165) is 38.8 Å². The zero-order valence-electron chi connectivity index (χ0n) is 28.9. The summed E-state index contributed by atoms with van der Waals surface area (Å²) in [5, 5.41) is 5.26. The summed E-state index contributed by atoms with van der Waals surface area (Å²) in [7, 11) is 5.28. The van der Waals surface area contributed by atoms with E-state index in [9.17, 15) is 9.59 Å². The summed E-state index contributed by atoms with van der Waals surface area (Å²) < 4.78 is 12.0. The molecule has 4 nitrogen and oxygen atoms in total. The number of aryl methyl sites for hydroxylation is 1. The van der Waals surface area contributed by atoms with Crippen molar-refractivity contribution in [1.29, 1.82) is 0 Å². The summed E-state index contributed by atoms with van der Waals surface area (Å²) in [5.74, 6) is 1.21. The van der Waals surface area contributed by atoms with Gasteiger partial charge in [-0.3, -0.25) is 9.59 Å². The van der Waals surface area contributed by atoms with Crippen LogP contribution in [0.3, 0.4) is 0 Å². The van der Waals surface area contributed by atoms with Crippen LogP contribution in [0.2, 0.25) is 0 Å². The maximum absolute atomic E-state index is 12.6. The lowest BCUT2D eigenvalue weighted by Gasteiger charge is -2.06. The van der Waals surface area contributed by atoms with Gasteiger partial charge < -0.3 is 8.83 Å². The molecule has 8 rings (SSSR count). The van der Waals surface area contributed by atoms with Crippen molar-refractivity contribution in [2.75, 3.05) is 6.16 Å². The Balaban J connectivity index is 0.000000173. The van der Waals surface area contributed by atoms with Crippen molar-refractivity contribution >= 4 is 62.0 Å². The van der Waals surface area contributed by atoms with Gasteiger partial charge in [0.15, 0.2) is 10.9 Å². The van der Waals surface area contributed by atoms with Gasteiger partial charge in [0.25, 0.3) is 0 Å². The first-order chi connectivity index (χ1) is 24.4. The minimum atomic E-state index is -0.00632. The Kier molecular flexibility index (Phi) is 12.5. The van der Waals surface area contributed by atoms with Gasteiger partial charge in [-0.1, -0.05) is 136 Å². The van der Waals surface area contributed by atoms with Gasteiger partial charge in [0.1, 0.15) is 22.7 Å². The molecular formula is C44H42O4P2. The summed E-state index contributed by atoms with van der Waals surface area (Å²) in [6.45, 7) is 8.12. The van der Waals surface area contributed by atoms with Gasteiger partial charge in [-0.15, -0.1) is 18.5 Å². The molecule has 2 unspecified atom stereocenters. The first-order valence-corrected chi connectivity index (χ1v) is 18.5. The molecule has 50 heavy (non-hydrogen) atoms. The number of rotatable bonds is 3. The van der Waals surface area contributed by atoms with Gasteiger partial charge in [-0.05, 0) is 58.5 Å². The van der Waals surface area contributed by atoms with Crippen molar-refractivity contribution < 1.29 is 8.83 Å². The Morgan fingerprint density at radius 3 is 1.36 bits per heavy atom. The molecule has 0 bridgehead atoms. The standard InChI is InChI=1S/C20H15O2P.C20H14O2.C2H7P.C2H6/c21-17-11-19(15-7-5-13(12-23)6-8-15)22-18-10-9-14-3-1-2-4-16(14)20(17)18;1-13-6-8-15(9-7-13)19-12-17(21)20-16-5-3-2-4-14(16)10-11-18(20)22-19;1-2-3;1-2/h1-11H,12,23H2;2-12H,1H3;2-3H2,1H3;1-2H3. The van der Waals surface area contributed by atoms with Gasteiger partial charge in [-0.25, -0.2) is 0 Å². The van der Waals surface area contributed by atoms with Crippen LogP contribution in [0, 0.1) is 6.92 Å². The third-order valence-electron chi connectivity index (χ3n) is 8.05. The van der Waals surface area contributed by atoms with Gasteiger partial charge >= 0.3 is 0 Å². The van der Waals surface area contributed by atoms with Crippen LogP contribution in [-0.4, -0.2) is 6.16 Å². The first kappa shape index (κ1) is 36.4.